The van der Waals surface area contributed by atoms with Gasteiger partial charge in [-0.05, 0) is 12.2 Å². The first-order valence-electron chi connectivity index (χ1n) is 3.45. The Morgan fingerprint density at radius 2 is 2.55 bits per heavy atom. The second kappa shape index (κ2) is 4.23. The molecule has 2 atom stereocenters. The van der Waals surface area contributed by atoms with E-state index in [1.54, 1.807) is 11.8 Å². The fourth-order valence-corrected chi connectivity index (χ4v) is 2.60. The Morgan fingerprint density at radius 3 is 3.00 bits per heavy atom. The van der Waals surface area contributed by atoms with Gasteiger partial charge in [0.25, 0.3) is 0 Å². The first-order chi connectivity index (χ1) is 5.24. The summed E-state index contributed by atoms with van der Waals surface area (Å²) in [6.07, 6.45) is 0.928. The number of rotatable bonds is 3. The van der Waals surface area contributed by atoms with Crippen LogP contribution in [0.4, 0.5) is 0 Å². The van der Waals surface area contributed by atoms with E-state index >= 15 is 0 Å². The molecule has 0 spiro atoms. The Balaban J connectivity index is 2.29. The van der Waals surface area contributed by atoms with E-state index < -0.39 is 5.97 Å². The number of carboxylic acid groups (broad SMARTS) is 1. The van der Waals surface area contributed by atoms with Crippen molar-refractivity contribution >= 4 is 30.4 Å². The molecule has 1 rings (SSSR count). The molecule has 2 N–H and O–H groups in total. The SMILES string of the molecule is O=C(O)C1CSC(CCS)N1. The standard InChI is InChI=1S/C6H11NO2S2/c8-6(9)4-3-11-5(7-4)1-2-10/h4-5,7,10H,1-3H2,(H,8,9). The van der Waals surface area contributed by atoms with Gasteiger partial charge in [0, 0.05) is 5.75 Å². The molecule has 2 unspecified atom stereocenters. The summed E-state index contributed by atoms with van der Waals surface area (Å²) in [7, 11) is 0. The zero-order chi connectivity index (χ0) is 8.27. The minimum absolute atomic E-state index is 0.286. The van der Waals surface area contributed by atoms with E-state index in [1.165, 1.54) is 0 Å². The molecule has 3 nitrogen and oxygen atoms in total. The average molecular weight is 193 g/mol. The second-order valence-corrected chi connectivity index (χ2v) is 4.07. The normalized spacial score (nSPS) is 30.6. The van der Waals surface area contributed by atoms with Crippen LogP contribution < -0.4 is 5.32 Å². The summed E-state index contributed by atoms with van der Waals surface area (Å²) in [5, 5.41) is 11.9. The first-order valence-corrected chi connectivity index (χ1v) is 5.13. The highest BCUT2D eigenvalue weighted by atomic mass is 32.2. The molecular formula is C6H11NO2S2. The van der Waals surface area contributed by atoms with Crippen molar-refractivity contribution in [2.75, 3.05) is 11.5 Å². The Morgan fingerprint density at radius 1 is 1.82 bits per heavy atom. The maximum atomic E-state index is 10.5. The number of carbonyl (C=O) groups is 1. The first kappa shape index (κ1) is 9.22. The van der Waals surface area contributed by atoms with Crippen molar-refractivity contribution in [1.82, 2.24) is 5.32 Å². The average Bonchev–Trinajstić information content (AvgIpc) is 2.37. The number of thioether (sulfide) groups is 1. The maximum absolute atomic E-state index is 10.5. The van der Waals surface area contributed by atoms with Crippen molar-refractivity contribution in [2.45, 2.75) is 17.8 Å². The predicted molar refractivity (Wildman–Crippen MR) is 49.3 cm³/mol. The number of nitrogens with one attached hydrogen (secondary N) is 1. The Bertz CT molecular complexity index is 154. The van der Waals surface area contributed by atoms with Crippen LogP contribution in [0.2, 0.25) is 0 Å². The molecule has 0 aliphatic carbocycles. The number of aliphatic carboxylic acids is 1. The lowest BCUT2D eigenvalue weighted by atomic mass is 10.3. The van der Waals surface area contributed by atoms with Crippen molar-refractivity contribution in [1.29, 1.82) is 0 Å². The van der Waals surface area contributed by atoms with Gasteiger partial charge in [0.2, 0.25) is 0 Å². The van der Waals surface area contributed by atoms with Crippen LogP contribution in [0, 0.1) is 0 Å². The third-order valence-corrected chi connectivity index (χ3v) is 3.10. The summed E-state index contributed by atoms with van der Waals surface area (Å²) in [4.78, 5) is 10.5. The van der Waals surface area contributed by atoms with Crippen molar-refractivity contribution in [3.8, 4) is 0 Å². The van der Waals surface area contributed by atoms with Crippen LogP contribution >= 0.6 is 24.4 Å². The molecule has 0 saturated carbocycles. The molecule has 0 aromatic rings. The van der Waals surface area contributed by atoms with Gasteiger partial charge in [-0.25, -0.2) is 0 Å². The largest absolute Gasteiger partial charge is 0.480 e. The van der Waals surface area contributed by atoms with Crippen molar-refractivity contribution in [2.24, 2.45) is 0 Å². The summed E-state index contributed by atoms with van der Waals surface area (Å²) in [5.41, 5.74) is 0. The van der Waals surface area contributed by atoms with Gasteiger partial charge in [0.05, 0.1) is 5.37 Å². The molecule has 0 amide bonds. The fraction of sp³-hybridized carbons (Fsp3) is 0.833. The molecule has 1 fully saturated rings. The van der Waals surface area contributed by atoms with Crippen LogP contribution in [0.5, 0.6) is 0 Å². The van der Waals surface area contributed by atoms with E-state index in [4.69, 9.17) is 5.11 Å². The quantitative estimate of drug-likeness (QED) is 0.569. The van der Waals surface area contributed by atoms with E-state index in [1.807, 2.05) is 0 Å². The lowest BCUT2D eigenvalue weighted by Gasteiger charge is -2.07. The molecule has 1 aliphatic heterocycles. The third-order valence-electron chi connectivity index (χ3n) is 1.54. The number of hydrogen-bond donors (Lipinski definition) is 3. The Hall–Kier alpha value is 0.130. The van der Waals surface area contributed by atoms with E-state index in [0.717, 1.165) is 12.2 Å². The van der Waals surface area contributed by atoms with Crippen LogP contribution in [0.1, 0.15) is 6.42 Å². The molecule has 64 valence electrons. The summed E-state index contributed by atoms with van der Waals surface area (Å²) in [6.45, 7) is 0. The Kier molecular flexibility index (Phi) is 3.54. The van der Waals surface area contributed by atoms with Crippen molar-refractivity contribution in [3.63, 3.8) is 0 Å². The van der Waals surface area contributed by atoms with Crippen LogP contribution in [-0.2, 0) is 4.79 Å². The molecule has 1 aliphatic rings. The zero-order valence-corrected chi connectivity index (χ0v) is 7.70. The molecule has 0 aromatic carbocycles. The van der Waals surface area contributed by atoms with Crippen molar-refractivity contribution in [3.05, 3.63) is 0 Å². The van der Waals surface area contributed by atoms with E-state index in [0.29, 0.717) is 5.75 Å². The molecule has 0 bridgehead atoms. The van der Waals surface area contributed by atoms with Crippen LogP contribution in [0.3, 0.4) is 0 Å². The lowest BCUT2D eigenvalue weighted by Crippen LogP contribution is -2.36. The summed E-state index contributed by atoms with van der Waals surface area (Å²) in [6, 6.07) is -0.357. The summed E-state index contributed by atoms with van der Waals surface area (Å²) < 4.78 is 0. The van der Waals surface area contributed by atoms with Gasteiger partial charge in [-0.1, -0.05) is 0 Å². The molecule has 11 heavy (non-hydrogen) atoms. The minimum atomic E-state index is -0.751. The smallest absolute Gasteiger partial charge is 0.321 e. The van der Waals surface area contributed by atoms with E-state index in [-0.39, 0.29) is 11.4 Å². The van der Waals surface area contributed by atoms with Gasteiger partial charge in [0.15, 0.2) is 0 Å². The highest BCUT2D eigenvalue weighted by molar-refractivity contribution is 8.00. The summed E-state index contributed by atoms with van der Waals surface area (Å²) in [5.74, 6) is 0.726. The molecule has 1 saturated heterocycles. The third kappa shape index (κ3) is 2.57. The van der Waals surface area contributed by atoms with E-state index in [9.17, 15) is 4.79 Å². The zero-order valence-electron chi connectivity index (χ0n) is 5.99. The highest BCUT2D eigenvalue weighted by Crippen LogP contribution is 2.21. The predicted octanol–water partition coefficient (Wildman–Crippen LogP) is 0.422. The molecule has 0 aromatic heterocycles. The van der Waals surface area contributed by atoms with Gasteiger partial charge in [-0.2, -0.15) is 12.6 Å². The number of hydrogen-bond acceptors (Lipinski definition) is 4. The molecule has 0 radical (unpaired) electrons. The second-order valence-electron chi connectivity index (χ2n) is 2.39. The van der Waals surface area contributed by atoms with Gasteiger partial charge in [0.1, 0.15) is 6.04 Å². The molecule has 5 heteroatoms. The maximum Gasteiger partial charge on any atom is 0.321 e. The Labute approximate surface area is 75.3 Å². The summed E-state index contributed by atoms with van der Waals surface area (Å²) >= 11 is 5.74. The van der Waals surface area contributed by atoms with Gasteiger partial charge < -0.3 is 5.11 Å². The van der Waals surface area contributed by atoms with Gasteiger partial charge in [-0.3, -0.25) is 10.1 Å². The topological polar surface area (TPSA) is 49.3 Å². The highest BCUT2D eigenvalue weighted by Gasteiger charge is 2.28. The van der Waals surface area contributed by atoms with E-state index in [2.05, 4.69) is 17.9 Å². The van der Waals surface area contributed by atoms with Crippen LogP contribution in [0.15, 0.2) is 0 Å². The monoisotopic (exact) mass is 193 g/mol. The molecule has 1 heterocycles. The number of carboxylic acids is 1. The van der Waals surface area contributed by atoms with Crippen LogP contribution in [0.25, 0.3) is 0 Å². The van der Waals surface area contributed by atoms with Crippen LogP contribution in [-0.4, -0.2) is 34.0 Å². The van der Waals surface area contributed by atoms with Gasteiger partial charge in [-0.15, -0.1) is 11.8 Å². The number of thiol groups is 1. The fourth-order valence-electron chi connectivity index (χ4n) is 0.959. The van der Waals surface area contributed by atoms with Crippen molar-refractivity contribution < 1.29 is 9.90 Å². The van der Waals surface area contributed by atoms with Gasteiger partial charge >= 0.3 is 5.97 Å². The minimum Gasteiger partial charge on any atom is -0.480 e. The lowest BCUT2D eigenvalue weighted by molar-refractivity contribution is -0.138. The molecular weight excluding hydrogens is 182 g/mol.